The van der Waals surface area contributed by atoms with Crippen LogP contribution in [-0.4, -0.2) is 22.2 Å². The minimum atomic E-state index is -0.185. The molecule has 1 aromatic heterocycles. The quantitative estimate of drug-likeness (QED) is 0.800. The van der Waals surface area contributed by atoms with E-state index in [1.165, 1.54) is 31.3 Å². The zero-order chi connectivity index (χ0) is 13.5. The van der Waals surface area contributed by atoms with E-state index in [0.717, 1.165) is 19.4 Å². The minimum Gasteiger partial charge on any atom is -0.354 e. The van der Waals surface area contributed by atoms with E-state index in [1.807, 2.05) is 19.2 Å². The van der Waals surface area contributed by atoms with E-state index in [4.69, 9.17) is 0 Å². The largest absolute Gasteiger partial charge is 0.354 e. The topological polar surface area (TPSA) is 46.9 Å². The summed E-state index contributed by atoms with van der Waals surface area (Å²) in [5, 5.41) is 7.18. The van der Waals surface area contributed by atoms with Crippen LogP contribution in [0.15, 0.2) is 30.1 Å². The van der Waals surface area contributed by atoms with E-state index in [1.54, 1.807) is 10.9 Å². The molecule has 1 amide bonds. The number of amides is 1. The molecule has 0 aromatic carbocycles. The van der Waals surface area contributed by atoms with Gasteiger partial charge in [-0.15, -0.1) is 0 Å². The molecule has 2 rings (SSSR count). The molecule has 0 fully saturated rings. The Kier molecular flexibility index (Phi) is 5.19. The summed E-state index contributed by atoms with van der Waals surface area (Å²) in [6.45, 7) is 2.75. The van der Waals surface area contributed by atoms with E-state index >= 15 is 0 Å². The molecule has 1 N–H and O–H groups in total. The van der Waals surface area contributed by atoms with Gasteiger partial charge >= 0.3 is 0 Å². The van der Waals surface area contributed by atoms with Gasteiger partial charge in [-0.2, -0.15) is 5.10 Å². The van der Waals surface area contributed by atoms with Crippen molar-refractivity contribution in [3.05, 3.63) is 30.1 Å². The van der Waals surface area contributed by atoms with Crippen LogP contribution in [0, 0.1) is 0 Å². The van der Waals surface area contributed by atoms with Gasteiger partial charge in [-0.1, -0.05) is 18.6 Å². The van der Waals surface area contributed by atoms with Crippen molar-refractivity contribution in [1.82, 2.24) is 15.1 Å². The molecular weight excluding hydrogens is 238 g/mol. The maximum absolute atomic E-state index is 12.1. The molecular formula is C15H23N3O. The van der Waals surface area contributed by atoms with Crippen LogP contribution in [0.4, 0.5) is 0 Å². The first-order chi connectivity index (χ1) is 9.31. The molecule has 104 valence electrons. The molecule has 1 unspecified atom stereocenters. The van der Waals surface area contributed by atoms with Crippen LogP contribution in [0.25, 0.3) is 0 Å². The summed E-state index contributed by atoms with van der Waals surface area (Å²) >= 11 is 0. The number of rotatable bonds is 6. The number of carbonyl (C=O) groups excluding carboxylic acids is 1. The van der Waals surface area contributed by atoms with Crippen LogP contribution in [-0.2, 0) is 4.79 Å². The molecule has 0 spiro atoms. The molecule has 19 heavy (non-hydrogen) atoms. The second-order valence-electron chi connectivity index (χ2n) is 5.06. The molecule has 0 radical (unpaired) electrons. The number of nitrogens with zero attached hydrogens (tertiary/aromatic N) is 2. The van der Waals surface area contributed by atoms with Crippen LogP contribution >= 0.6 is 0 Å². The van der Waals surface area contributed by atoms with E-state index in [0.29, 0.717) is 0 Å². The number of hydrogen-bond acceptors (Lipinski definition) is 2. The fourth-order valence-electron chi connectivity index (χ4n) is 2.55. The number of allylic oxidation sites excluding steroid dienone is 1. The smallest absolute Gasteiger partial charge is 0.244 e. The molecule has 4 nitrogen and oxygen atoms in total. The summed E-state index contributed by atoms with van der Waals surface area (Å²) in [6, 6.07) is 1.67. The van der Waals surface area contributed by atoms with Gasteiger partial charge < -0.3 is 5.32 Å². The molecule has 0 aliphatic heterocycles. The molecule has 1 aliphatic carbocycles. The van der Waals surface area contributed by atoms with Gasteiger partial charge in [0.15, 0.2) is 0 Å². The lowest BCUT2D eigenvalue weighted by molar-refractivity contribution is -0.124. The van der Waals surface area contributed by atoms with Crippen molar-refractivity contribution in [2.75, 3.05) is 6.54 Å². The lowest BCUT2D eigenvalue weighted by atomic mass is 9.97. The summed E-state index contributed by atoms with van der Waals surface area (Å²) in [4.78, 5) is 12.1. The van der Waals surface area contributed by atoms with Crippen LogP contribution in [0.2, 0.25) is 0 Å². The average molecular weight is 261 g/mol. The predicted molar refractivity (Wildman–Crippen MR) is 75.7 cm³/mol. The van der Waals surface area contributed by atoms with Gasteiger partial charge in [-0.25, -0.2) is 0 Å². The summed E-state index contributed by atoms with van der Waals surface area (Å²) in [7, 11) is 0. The summed E-state index contributed by atoms with van der Waals surface area (Å²) in [6.07, 6.45) is 12.6. The van der Waals surface area contributed by atoms with Crippen molar-refractivity contribution in [1.29, 1.82) is 0 Å². The van der Waals surface area contributed by atoms with E-state index < -0.39 is 0 Å². The Morgan fingerprint density at radius 2 is 2.42 bits per heavy atom. The van der Waals surface area contributed by atoms with Gasteiger partial charge in [0, 0.05) is 18.9 Å². The summed E-state index contributed by atoms with van der Waals surface area (Å²) < 4.78 is 1.73. The Bertz CT molecular complexity index is 423. The van der Waals surface area contributed by atoms with Gasteiger partial charge in [0.05, 0.1) is 0 Å². The second-order valence-corrected chi connectivity index (χ2v) is 5.06. The molecule has 0 saturated carbocycles. The third-order valence-electron chi connectivity index (χ3n) is 3.66. The van der Waals surface area contributed by atoms with Crippen molar-refractivity contribution >= 4 is 5.91 Å². The van der Waals surface area contributed by atoms with Crippen LogP contribution in [0.1, 0.15) is 51.5 Å². The van der Waals surface area contributed by atoms with E-state index in [2.05, 4.69) is 16.5 Å². The fourth-order valence-corrected chi connectivity index (χ4v) is 2.55. The Hall–Kier alpha value is -1.58. The number of aromatic nitrogens is 2. The molecule has 1 atom stereocenters. The molecule has 0 bridgehead atoms. The highest BCUT2D eigenvalue weighted by Crippen LogP contribution is 2.19. The lowest BCUT2D eigenvalue weighted by Crippen LogP contribution is -2.33. The third kappa shape index (κ3) is 3.94. The number of carbonyl (C=O) groups is 1. The van der Waals surface area contributed by atoms with E-state index in [9.17, 15) is 4.79 Å². The van der Waals surface area contributed by atoms with Gasteiger partial charge in [0.2, 0.25) is 5.91 Å². The Morgan fingerprint density at radius 3 is 3.05 bits per heavy atom. The van der Waals surface area contributed by atoms with Crippen molar-refractivity contribution < 1.29 is 4.79 Å². The Labute approximate surface area is 114 Å². The van der Waals surface area contributed by atoms with E-state index in [-0.39, 0.29) is 11.9 Å². The zero-order valence-electron chi connectivity index (χ0n) is 11.6. The highest BCUT2D eigenvalue weighted by molar-refractivity contribution is 5.80. The van der Waals surface area contributed by atoms with Gasteiger partial charge in [-0.05, 0) is 44.6 Å². The molecule has 1 heterocycles. The van der Waals surface area contributed by atoms with Crippen molar-refractivity contribution in [2.24, 2.45) is 0 Å². The number of hydrogen-bond donors (Lipinski definition) is 1. The highest BCUT2D eigenvalue weighted by atomic mass is 16.2. The second kappa shape index (κ2) is 7.12. The van der Waals surface area contributed by atoms with Gasteiger partial charge in [0.25, 0.3) is 0 Å². The van der Waals surface area contributed by atoms with Crippen molar-refractivity contribution in [3.63, 3.8) is 0 Å². The third-order valence-corrected chi connectivity index (χ3v) is 3.66. The average Bonchev–Trinajstić information content (AvgIpc) is 2.95. The molecule has 1 aromatic rings. The minimum absolute atomic E-state index is 0.0719. The number of nitrogens with one attached hydrogen (secondary N) is 1. The maximum Gasteiger partial charge on any atom is 0.244 e. The first-order valence-electron chi connectivity index (χ1n) is 7.26. The molecule has 1 aliphatic rings. The Balaban J connectivity index is 1.78. The molecule has 4 heteroatoms. The Morgan fingerprint density at radius 1 is 1.53 bits per heavy atom. The monoisotopic (exact) mass is 261 g/mol. The van der Waals surface area contributed by atoms with Gasteiger partial charge in [0.1, 0.15) is 6.04 Å². The SMILES string of the molecule is CCC(C(=O)NCCC1=CCCCC1)n1cccn1. The molecule has 0 saturated heterocycles. The summed E-state index contributed by atoms with van der Waals surface area (Å²) in [5.74, 6) is 0.0719. The van der Waals surface area contributed by atoms with Crippen LogP contribution in [0.3, 0.4) is 0 Å². The van der Waals surface area contributed by atoms with Crippen molar-refractivity contribution in [2.45, 2.75) is 51.5 Å². The highest BCUT2D eigenvalue weighted by Gasteiger charge is 2.17. The lowest BCUT2D eigenvalue weighted by Gasteiger charge is -2.17. The standard InChI is InChI=1S/C15H23N3O/c1-2-14(18-12-6-10-17-18)15(19)16-11-9-13-7-4-3-5-8-13/h6-7,10,12,14H,2-5,8-9,11H2,1H3,(H,16,19). The maximum atomic E-state index is 12.1. The zero-order valence-corrected chi connectivity index (χ0v) is 11.6. The van der Waals surface area contributed by atoms with Crippen LogP contribution in [0.5, 0.6) is 0 Å². The fraction of sp³-hybridized carbons (Fsp3) is 0.600. The van der Waals surface area contributed by atoms with Gasteiger partial charge in [-0.3, -0.25) is 9.48 Å². The first-order valence-corrected chi connectivity index (χ1v) is 7.26. The first kappa shape index (κ1) is 13.8. The van der Waals surface area contributed by atoms with Crippen molar-refractivity contribution in [3.8, 4) is 0 Å². The predicted octanol–water partition coefficient (Wildman–Crippen LogP) is 2.84. The summed E-state index contributed by atoms with van der Waals surface area (Å²) in [5.41, 5.74) is 1.50. The van der Waals surface area contributed by atoms with Crippen LogP contribution < -0.4 is 5.32 Å². The normalized spacial score (nSPS) is 16.8.